The van der Waals surface area contributed by atoms with Crippen LogP contribution in [0.5, 0.6) is 5.75 Å². The van der Waals surface area contributed by atoms with E-state index in [9.17, 15) is 0 Å². The predicted molar refractivity (Wildman–Crippen MR) is 69.3 cm³/mol. The molecule has 0 spiro atoms. The van der Waals surface area contributed by atoms with E-state index in [1.165, 1.54) is 5.56 Å². The Labute approximate surface area is 94.8 Å². The molecule has 0 heterocycles. The van der Waals surface area contributed by atoms with E-state index in [1.54, 1.807) is 6.26 Å². The van der Waals surface area contributed by atoms with E-state index < -0.39 is 0 Å². The quantitative estimate of drug-likeness (QED) is 0.624. The third-order valence-electron chi connectivity index (χ3n) is 1.36. The molecule has 0 unspecified atom stereocenters. The lowest BCUT2D eigenvalue weighted by molar-refractivity contribution is 0.480. The summed E-state index contributed by atoms with van der Waals surface area (Å²) < 4.78 is 5.23. The van der Waals surface area contributed by atoms with Crippen molar-refractivity contribution in [3.8, 4) is 5.75 Å². The lowest BCUT2D eigenvalue weighted by atomic mass is 10.2. The standard InChI is InChI=1S/C10H12O.2C2H6/c1-3-8-11-10-6-4-9(2)5-7-10;2*1-2/h3-8H,1-2H3;2*1-2H3/b8-3+;;. The molecular weight excluding hydrogens is 184 g/mol. The summed E-state index contributed by atoms with van der Waals surface area (Å²) in [4.78, 5) is 0. The molecule has 86 valence electrons. The van der Waals surface area contributed by atoms with Crippen molar-refractivity contribution in [2.24, 2.45) is 0 Å². The molecule has 0 amide bonds. The molecular formula is C14H24O. The monoisotopic (exact) mass is 208 g/mol. The molecule has 1 heteroatoms. The summed E-state index contributed by atoms with van der Waals surface area (Å²) in [5.74, 6) is 0.883. The van der Waals surface area contributed by atoms with Gasteiger partial charge < -0.3 is 4.74 Å². The fraction of sp³-hybridized carbons (Fsp3) is 0.429. The average Bonchev–Trinajstić information content (AvgIpc) is 2.34. The summed E-state index contributed by atoms with van der Waals surface area (Å²) in [6.45, 7) is 12.0. The summed E-state index contributed by atoms with van der Waals surface area (Å²) in [5.41, 5.74) is 1.25. The SMILES string of the molecule is C/C=C/Oc1ccc(C)cc1.CC.CC. The zero-order valence-electron chi connectivity index (χ0n) is 10.9. The van der Waals surface area contributed by atoms with E-state index >= 15 is 0 Å². The first kappa shape index (κ1) is 16.2. The van der Waals surface area contributed by atoms with E-state index in [1.807, 2.05) is 65.0 Å². The van der Waals surface area contributed by atoms with Crippen LogP contribution in [0, 0.1) is 6.92 Å². The number of benzene rings is 1. The molecule has 0 bridgehead atoms. The predicted octanol–water partition coefficient (Wildman–Crippen LogP) is 4.96. The van der Waals surface area contributed by atoms with Crippen LogP contribution in [0.15, 0.2) is 36.6 Å². The van der Waals surface area contributed by atoms with E-state index in [0.717, 1.165) is 5.75 Å². The molecule has 0 aliphatic carbocycles. The topological polar surface area (TPSA) is 9.23 Å². The molecule has 0 aromatic heterocycles. The molecule has 0 aliphatic heterocycles. The van der Waals surface area contributed by atoms with Gasteiger partial charge in [0, 0.05) is 0 Å². The van der Waals surface area contributed by atoms with Gasteiger partial charge in [-0.1, -0.05) is 51.5 Å². The van der Waals surface area contributed by atoms with Crippen molar-refractivity contribution in [1.82, 2.24) is 0 Å². The Morgan fingerprint density at radius 1 is 0.933 bits per heavy atom. The molecule has 0 fully saturated rings. The van der Waals surface area contributed by atoms with Crippen molar-refractivity contribution in [3.05, 3.63) is 42.2 Å². The van der Waals surface area contributed by atoms with Crippen LogP contribution >= 0.6 is 0 Å². The van der Waals surface area contributed by atoms with Crippen LogP contribution in [-0.2, 0) is 0 Å². The van der Waals surface area contributed by atoms with Crippen LogP contribution in [0.3, 0.4) is 0 Å². The molecule has 0 N–H and O–H groups in total. The van der Waals surface area contributed by atoms with Crippen molar-refractivity contribution in [1.29, 1.82) is 0 Å². The number of hydrogen-bond donors (Lipinski definition) is 0. The maximum Gasteiger partial charge on any atom is 0.126 e. The van der Waals surface area contributed by atoms with Gasteiger partial charge in [-0.2, -0.15) is 0 Å². The first-order valence-corrected chi connectivity index (χ1v) is 5.67. The Kier molecular flexibility index (Phi) is 13.8. The van der Waals surface area contributed by atoms with Crippen LogP contribution in [0.25, 0.3) is 0 Å². The largest absolute Gasteiger partial charge is 0.465 e. The van der Waals surface area contributed by atoms with E-state index in [-0.39, 0.29) is 0 Å². The van der Waals surface area contributed by atoms with E-state index in [2.05, 4.69) is 6.92 Å². The van der Waals surface area contributed by atoms with Crippen LogP contribution in [-0.4, -0.2) is 0 Å². The van der Waals surface area contributed by atoms with E-state index in [4.69, 9.17) is 4.74 Å². The molecule has 0 saturated carbocycles. The lowest BCUT2D eigenvalue weighted by Gasteiger charge is -1.98. The van der Waals surface area contributed by atoms with Gasteiger partial charge in [0.25, 0.3) is 0 Å². The third kappa shape index (κ3) is 9.07. The van der Waals surface area contributed by atoms with Crippen LogP contribution in [0.2, 0.25) is 0 Å². The van der Waals surface area contributed by atoms with Crippen molar-refractivity contribution in [2.75, 3.05) is 0 Å². The summed E-state index contributed by atoms with van der Waals surface area (Å²) in [7, 11) is 0. The Hall–Kier alpha value is -1.24. The average molecular weight is 208 g/mol. The van der Waals surface area contributed by atoms with Gasteiger partial charge in [0.15, 0.2) is 0 Å². The fourth-order valence-electron chi connectivity index (χ4n) is 0.763. The smallest absolute Gasteiger partial charge is 0.126 e. The van der Waals surface area contributed by atoms with Crippen LogP contribution in [0.4, 0.5) is 0 Å². The minimum absolute atomic E-state index is 0.883. The molecule has 0 aliphatic rings. The molecule has 0 atom stereocenters. The third-order valence-corrected chi connectivity index (χ3v) is 1.36. The Balaban J connectivity index is 0. The highest BCUT2D eigenvalue weighted by molar-refractivity contribution is 5.26. The Morgan fingerprint density at radius 3 is 1.80 bits per heavy atom. The van der Waals surface area contributed by atoms with Gasteiger partial charge in [-0.3, -0.25) is 0 Å². The van der Waals surface area contributed by atoms with Gasteiger partial charge >= 0.3 is 0 Å². The van der Waals surface area contributed by atoms with Crippen molar-refractivity contribution >= 4 is 0 Å². The zero-order chi connectivity index (χ0) is 12.1. The highest BCUT2D eigenvalue weighted by atomic mass is 16.5. The highest BCUT2D eigenvalue weighted by Crippen LogP contribution is 2.11. The summed E-state index contributed by atoms with van der Waals surface area (Å²) in [6, 6.07) is 7.96. The van der Waals surface area contributed by atoms with Gasteiger partial charge in [-0.25, -0.2) is 0 Å². The first-order chi connectivity index (χ1) is 7.33. The second-order valence-electron chi connectivity index (χ2n) is 2.40. The number of allylic oxidation sites excluding steroid dienone is 1. The number of aryl methyl sites for hydroxylation is 1. The molecule has 15 heavy (non-hydrogen) atoms. The molecule has 1 nitrogen and oxygen atoms in total. The maximum atomic E-state index is 5.23. The normalized spacial score (nSPS) is 8.40. The van der Waals surface area contributed by atoms with Gasteiger partial charge in [-0.15, -0.1) is 0 Å². The second kappa shape index (κ2) is 12.8. The van der Waals surface area contributed by atoms with Crippen LogP contribution < -0.4 is 4.74 Å². The molecule has 0 saturated heterocycles. The minimum atomic E-state index is 0.883. The van der Waals surface area contributed by atoms with E-state index in [0.29, 0.717) is 0 Å². The van der Waals surface area contributed by atoms with Gasteiger partial charge in [0.1, 0.15) is 5.75 Å². The lowest BCUT2D eigenvalue weighted by Crippen LogP contribution is -1.80. The molecule has 0 radical (unpaired) electrons. The number of ether oxygens (including phenoxy) is 1. The highest BCUT2D eigenvalue weighted by Gasteiger charge is 1.87. The zero-order valence-corrected chi connectivity index (χ0v) is 10.9. The number of rotatable bonds is 2. The van der Waals surface area contributed by atoms with Crippen LogP contribution in [0.1, 0.15) is 40.2 Å². The van der Waals surface area contributed by atoms with Crippen molar-refractivity contribution < 1.29 is 4.74 Å². The summed E-state index contributed by atoms with van der Waals surface area (Å²) >= 11 is 0. The summed E-state index contributed by atoms with van der Waals surface area (Å²) in [5, 5.41) is 0. The first-order valence-electron chi connectivity index (χ1n) is 5.67. The second-order valence-corrected chi connectivity index (χ2v) is 2.40. The van der Waals surface area contributed by atoms with Gasteiger partial charge in [0.2, 0.25) is 0 Å². The number of hydrogen-bond acceptors (Lipinski definition) is 1. The van der Waals surface area contributed by atoms with Gasteiger partial charge in [0.05, 0.1) is 6.26 Å². The molecule has 1 rings (SSSR count). The summed E-state index contributed by atoms with van der Waals surface area (Å²) in [6.07, 6.45) is 3.53. The van der Waals surface area contributed by atoms with Crippen molar-refractivity contribution in [2.45, 2.75) is 41.5 Å². The maximum absolute atomic E-state index is 5.23. The minimum Gasteiger partial charge on any atom is -0.465 e. The molecule has 1 aromatic carbocycles. The Bertz CT molecular complexity index is 234. The van der Waals surface area contributed by atoms with Gasteiger partial charge in [-0.05, 0) is 26.0 Å². The fourth-order valence-corrected chi connectivity index (χ4v) is 0.763. The Morgan fingerprint density at radius 2 is 1.40 bits per heavy atom. The van der Waals surface area contributed by atoms with Crippen molar-refractivity contribution in [3.63, 3.8) is 0 Å². The molecule has 1 aromatic rings.